The van der Waals surface area contributed by atoms with Gasteiger partial charge in [-0.1, -0.05) is 121 Å². The first-order chi connectivity index (χ1) is 38.2. The average molecular weight is 1050 g/mol. The number of piperazine rings is 1. The Bertz CT molecular complexity index is 3220. The molecule has 5 aliphatic heterocycles. The molecule has 400 valence electrons. The summed E-state index contributed by atoms with van der Waals surface area (Å²) in [6.45, 7) is 2.94. The molecule has 1 spiro atoms. The fourth-order valence-corrected chi connectivity index (χ4v) is 12.0. The van der Waals surface area contributed by atoms with Crippen LogP contribution in [0, 0.1) is 17.8 Å². The van der Waals surface area contributed by atoms with Gasteiger partial charge in [-0.25, -0.2) is 9.69 Å². The second kappa shape index (κ2) is 22.9. The Hall–Kier alpha value is -8.04. The summed E-state index contributed by atoms with van der Waals surface area (Å²) in [5, 5.41) is 9.93. The molecular formula is C62H61N5O11. The number of carbonyl (C=O) groups is 4. The van der Waals surface area contributed by atoms with Crippen molar-refractivity contribution in [1.82, 2.24) is 19.6 Å². The first kappa shape index (κ1) is 52.0. The van der Waals surface area contributed by atoms with Crippen molar-refractivity contribution in [3.63, 3.8) is 0 Å². The van der Waals surface area contributed by atoms with Gasteiger partial charge in [0.2, 0.25) is 18.6 Å². The van der Waals surface area contributed by atoms with Crippen molar-refractivity contribution < 1.29 is 52.7 Å². The molecule has 0 aliphatic carbocycles. The quantitative estimate of drug-likeness (QED) is 0.0633. The lowest BCUT2D eigenvalue weighted by Crippen LogP contribution is -2.59. The van der Waals surface area contributed by atoms with Gasteiger partial charge in [0, 0.05) is 51.9 Å². The summed E-state index contributed by atoms with van der Waals surface area (Å²) >= 11 is 0. The molecule has 3 amide bonds. The van der Waals surface area contributed by atoms with Gasteiger partial charge in [-0.2, -0.15) is 0 Å². The standard InChI is InChI=1S/C62H61N5O11/c1-63(39-43-14-6-3-7-15-43)27-13-16-42-23-25-50-49(36-42)62(60(71)66(50)61(72)75-35-34-73-2)53(58(69)65-30-28-64(29-31-65)40-44-24-26-51-52(37-44)77-41-76-51)55-59(70)78-56(46-19-10-5-11-20-46)54(45-17-8-4-9-18-45)67(55)57(62)47-21-12-22-48(38-47)74-33-32-68/h3-12,14-15,17-26,36-38,53-57,68H,27-35,39-41H2,1-2H3/t53-,54-,55-,56+,57+,62-/m1/s1. The zero-order valence-corrected chi connectivity index (χ0v) is 43.6. The Morgan fingerprint density at radius 3 is 2.21 bits per heavy atom. The summed E-state index contributed by atoms with van der Waals surface area (Å²) in [7, 11) is 3.47. The van der Waals surface area contributed by atoms with E-state index < -0.39 is 59.4 Å². The predicted molar refractivity (Wildman–Crippen MR) is 288 cm³/mol. The summed E-state index contributed by atoms with van der Waals surface area (Å²) in [5.74, 6) is 5.07. The number of imide groups is 1. The van der Waals surface area contributed by atoms with Crippen LogP contribution in [0.5, 0.6) is 17.2 Å². The van der Waals surface area contributed by atoms with Crippen LogP contribution in [-0.4, -0.2) is 135 Å². The van der Waals surface area contributed by atoms with Crippen LogP contribution < -0.4 is 19.1 Å². The van der Waals surface area contributed by atoms with Gasteiger partial charge in [-0.15, -0.1) is 0 Å². The average Bonchev–Trinajstić information content (AvgIpc) is 4.14. The normalized spacial score (nSPS) is 22.4. The number of esters is 1. The maximum absolute atomic E-state index is 16.8. The molecule has 78 heavy (non-hydrogen) atoms. The minimum atomic E-state index is -2.03. The molecule has 0 bridgehead atoms. The van der Waals surface area contributed by atoms with Crippen LogP contribution in [0.3, 0.4) is 0 Å². The lowest BCUT2D eigenvalue weighted by Gasteiger charge is -2.46. The van der Waals surface area contributed by atoms with Gasteiger partial charge in [0.1, 0.15) is 36.5 Å². The highest BCUT2D eigenvalue weighted by molar-refractivity contribution is 6.23. The molecule has 6 atom stereocenters. The van der Waals surface area contributed by atoms with Gasteiger partial charge in [0.15, 0.2) is 11.5 Å². The van der Waals surface area contributed by atoms with E-state index in [-0.39, 0.29) is 52.0 Å². The number of amides is 3. The van der Waals surface area contributed by atoms with E-state index in [0.717, 1.165) is 21.6 Å². The van der Waals surface area contributed by atoms with Gasteiger partial charge < -0.3 is 38.4 Å². The van der Waals surface area contributed by atoms with Crippen LogP contribution in [0.2, 0.25) is 0 Å². The van der Waals surface area contributed by atoms with Crippen LogP contribution in [0.25, 0.3) is 0 Å². The number of benzene rings is 6. The summed E-state index contributed by atoms with van der Waals surface area (Å²) in [4.78, 5) is 72.9. The predicted octanol–water partition coefficient (Wildman–Crippen LogP) is 7.06. The zero-order chi connectivity index (χ0) is 53.8. The van der Waals surface area contributed by atoms with Crippen molar-refractivity contribution in [3.8, 4) is 29.1 Å². The summed E-state index contributed by atoms with van der Waals surface area (Å²) in [5.41, 5.74) is 3.17. The maximum Gasteiger partial charge on any atom is 0.421 e. The van der Waals surface area contributed by atoms with Crippen molar-refractivity contribution in [2.24, 2.45) is 5.92 Å². The van der Waals surface area contributed by atoms with Crippen molar-refractivity contribution >= 4 is 29.6 Å². The molecule has 5 aliphatic rings. The smallest absolute Gasteiger partial charge is 0.421 e. The van der Waals surface area contributed by atoms with Crippen LogP contribution in [-0.2, 0) is 47.1 Å². The first-order valence-electron chi connectivity index (χ1n) is 26.3. The highest BCUT2D eigenvalue weighted by Gasteiger charge is 2.76. The minimum Gasteiger partial charge on any atom is -0.491 e. The van der Waals surface area contributed by atoms with E-state index in [1.807, 2.05) is 115 Å². The van der Waals surface area contributed by atoms with Crippen molar-refractivity contribution in [3.05, 3.63) is 191 Å². The SMILES string of the molecule is COCCOC(=O)N1C(=O)[C@@]2(c3cc(C#CCN(C)Cc4ccccc4)ccc31)[C@H](c1cccc(OCCO)c1)N1[C@H](c3ccccc3)[C@H](c3ccccc3)OC(=O)[C@H]1[C@@H]2C(=O)N1CCN(Cc2ccc3c(c2)OCO3)CC1. The number of cyclic esters (lactones) is 1. The molecule has 5 heterocycles. The van der Waals surface area contributed by atoms with E-state index in [2.05, 4.69) is 33.8 Å². The van der Waals surface area contributed by atoms with Gasteiger partial charge in [0.05, 0.1) is 43.4 Å². The number of morpholine rings is 1. The Kier molecular flexibility index (Phi) is 15.3. The van der Waals surface area contributed by atoms with E-state index in [4.69, 9.17) is 28.4 Å². The number of nitrogens with zero attached hydrogens (tertiary/aromatic N) is 5. The fraction of sp³-hybridized carbons (Fsp3) is 0.323. The Morgan fingerprint density at radius 2 is 1.46 bits per heavy atom. The van der Waals surface area contributed by atoms with Gasteiger partial charge >= 0.3 is 12.1 Å². The third-order valence-electron chi connectivity index (χ3n) is 15.4. The van der Waals surface area contributed by atoms with E-state index in [9.17, 15) is 9.90 Å². The van der Waals surface area contributed by atoms with Crippen molar-refractivity contribution in [2.75, 3.05) is 85.0 Å². The second-order valence-corrected chi connectivity index (χ2v) is 20.1. The molecule has 3 saturated heterocycles. The molecule has 0 unspecified atom stereocenters. The molecule has 3 fully saturated rings. The van der Waals surface area contributed by atoms with Crippen LogP contribution in [0.1, 0.15) is 57.1 Å². The van der Waals surface area contributed by atoms with Crippen LogP contribution in [0.15, 0.2) is 152 Å². The number of aliphatic hydroxyl groups is 1. The van der Waals surface area contributed by atoms with Crippen molar-refractivity contribution in [1.29, 1.82) is 0 Å². The number of carbonyl (C=O) groups excluding carboxylic acids is 4. The van der Waals surface area contributed by atoms with Gasteiger partial charge in [-0.3, -0.25) is 29.1 Å². The number of aliphatic hydroxyl groups excluding tert-OH is 1. The monoisotopic (exact) mass is 1050 g/mol. The molecular weight excluding hydrogens is 991 g/mol. The van der Waals surface area contributed by atoms with Gasteiger partial charge in [0.25, 0.3) is 0 Å². The maximum atomic E-state index is 16.8. The van der Waals surface area contributed by atoms with Crippen LogP contribution in [0.4, 0.5) is 10.5 Å². The van der Waals surface area contributed by atoms with E-state index >= 15 is 14.4 Å². The number of methoxy groups -OCH3 is 1. The van der Waals surface area contributed by atoms with Crippen molar-refractivity contribution in [2.45, 2.75) is 42.7 Å². The fourth-order valence-electron chi connectivity index (χ4n) is 12.0. The minimum absolute atomic E-state index is 0.0200. The molecule has 1 N–H and O–H groups in total. The third kappa shape index (κ3) is 9.95. The highest BCUT2D eigenvalue weighted by atomic mass is 16.7. The topological polar surface area (TPSA) is 160 Å². The Balaban J connectivity index is 1.10. The van der Waals surface area contributed by atoms with E-state index in [0.29, 0.717) is 72.2 Å². The third-order valence-corrected chi connectivity index (χ3v) is 15.4. The number of hydrogen-bond acceptors (Lipinski definition) is 14. The van der Waals surface area contributed by atoms with Gasteiger partial charge in [-0.05, 0) is 82.9 Å². The number of anilines is 1. The Morgan fingerprint density at radius 1 is 0.744 bits per heavy atom. The number of ether oxygens (including phenoxy) is 6. The molecule has 6 aromatic carbocycles. The van der Waals surface area contributed by atoms with E-state index in [1.165, 1.54) is 7.11 Å². The lowest BCUT2D eigenvalue weighted by atomic mass is 9.64. The second-order valence-electron chi connectivity index (χ2n) is 20.1. The Labute approximate surface area is 453 Å². The molecule has 16 heteroatoms. The van der Waals surface area contributed by atoms with E-state index in [1.54, 1.807) is 41.3 Å². The highest BCUT2D eigenvalue weighted by Crippen LogP contribution is 2.66. The number of hydrogen-bond donors (Lipinski definition) is 1. The number of rotatable bonds is 15. The van der Waals surface area contributed by atoms with Crippen LogP contribution >= 0.6 is 0 Å². The lowest BCUT2D eigenvalue weighted by molar-refractivity contribution is -0.179. The summed E-state index contributed by atoms with van der Waals surface area (Å²) in [6.07, 6.45) is -1.89. The zero-order valence-electron chi connectivity index (χ0n) is 43.6. The summed E-state index contributed by atoms with van der Waals surface area (Å²) < 4.78 is 35.1. The number of fused-ring (bicyclic) bond motifs is 4. The molecule has 6 aromatic rings. The molecule has 0 radical (unpaired) electrons. The molecule has 16 nitrogen and oxygen atoms in total. The summed E-state index contributed by atoms with van der Waals surface area (Å²) in [6, 6.07) is 44.2. The molecule has 0 aromatic heterocycles. The first-order valence-corrected chi connectivity index (χ1v) is 26.3. The largest absolute Gasteiger partial charge is 0.491 e. The molecule has 11 rings (SSSR count). The molecule has 0 saturated carbocycles.